The minimum Gasteiger partial charge on any atom is -0.367 e. The van der Waals surface area contributed by atoms with Crippen LogP contribution in [0.15, 0.2) is 43.0 Å². The highest BCUT2D eigenvalue weighted by atomic mass is 16.5. The van der Waals surface area contributed by atoms with E-state index in [9.17, 15) is 4.79 Å². The van der Waals surface area contributed by atoms with Crippen LogP contribution in [-0.2, 0) is 16.1 Å². The van der Waals surface area contributed by atoms with Gasteiger partial charge in [0.25, 0.3) is 0 Å². The van der Waals surface area contributed by atoms with E-state index in [0.29, 0.717) is 13.2 Å². The van der Waals surface area contributed by atoms with E-state index in [0.717, 1.165) is 24.9 Å². The molecule has 1 atom stereocenters. The zero-order valence-electron chi connectivity index (χ0n) is 12.5. The van der Waals surface area contributed by atoms with Gasteiger partial charge in [-0.05, 0) is 18.4 Å². The molecule has 116 valence electrons. The van der Waals surface area contributed by atoms with E-state index >= 15 is 0 Å². The predicted molar refractivity (Wildman–Crippen MR) is 81.0 cm³/mol. The zero-order chi connectivity index (χ0) is 15.2. The molecule has 1 aromatic carbocycles. The van der Waals surface area contributed by atoms with E-state index in [4.69, 9.17) is 4.74 Å². The largest absolute Gasteiger partial charge is 0.367 e. The molecule has 0 N–H and O–H groups in total. The van der Waals surface area contributed by atoms with Gasteiger partial charge >= 0.3 is 0 Å². The normalized spacial score (nSPS) is 18.4. The molecule has 0 bridgehead atoms. The number of hydrogen-bond acceptors (Lipinski definition) is 4. The van der Waals surface area contributed by atoms with Gasteiger partial charge in [0.1, 0.15) is 19.3 Å². The molecular weight excluding hydrogens is 280 g/mol. The van der Waals surface area contributed by atoms with Crippen molar-refractivity contribution in [2.24, 2.45) is 0 Å². The Balaban J connectivity index is 1.47. The molecule has 2 aromatic rings. The second-order valence-electron chi connectivity index (χ2n) is 5.49. The van der Waals surface area contributed by atoms with Crippen molar-refractivity contribution in [1.29, 1.82) is 0 Å². The summed E-state index contributed by atoms with van der Waals surface area (Å²) in [7, 11) is 0. The van der Waals surface area contributed by atoms with Crippen molar-refractivity contribution < 1.29 is 9.53 Å². The van der Waals surface area contributed by atoms with Gasteiger partial charge in [0, 0.05) is 13.1 Å². The van der Waals surface area contributed by atoms with Gasteiger partial charge in [-0.1, -0.05) is 30.3 Å². The standard InChI is InChI=1S/C16H20N4O2/c21-16(11-22-10-14-5-2-1-3-6-14)19-8-4-7-15(9-19)20-13-17-12-18-20/h1-3,5-6,12-13,15H,4,7-11H2/t15-/m0/s1. The third kappa shape index (κ3) is 3.71. The topological polar surface area (TPSA) is 60.2 Å². The number of carbonyl (C=O) groups excluding carboxylic acids is 1. The Hall–Kier alpha value is -2.21. The minimum absolute atomic E-state index is 0.0424. The quantitative estimate of drug-likeness (QED) is 0.842. The van der Waals surface area contributed by atoms with Gasteiger partial charge < -0.3 is 9.64 Å². The second kappa shape index (κ2) is 7.17. The SMILES string of the molecule is O=C(COCc1ccccc1)N1CCC[C@H](n2cncn2)C1. The fourth-order valence-corrected chi connectivity index (χ4v) is 2.72. The fourth-order valence-electron chi connectivity index (χ4n) is 2.72. The molecule has 0 radical (unpaired) electrons. The maximum atomic E-state index is 12.3. The van der Waals surface area contributed by atoms with Crippen molar-refractivity contribution in [3.63, 3.8) is 0 Å². The molecule has 0 aliphatic carbocycles. The summed E-state index contributed by atoms with van der Waals surface area (Å²) in [6.45, 7) is 2.06. The van der Waals surface area contributed by atoms with E-state index in [2.05, 4.69) is 10.1 Å². The predicted octanol–water partition coefficient (Wildman–Crippen LogP) is 1.66. The monoisotopic (exact) mass is 300 g/mol. The molecule has 3 rings (SSSR count). The molecule has 0 unspecified atom stereocenters. The average Bonchev–Trinajstić information content (AvgIpc) is 3.10. The molecule has 1 aromatic heterocycles. The molecule has 6 heteroatoms. The first-order chi connectivity index (χ1) is 10.8. The lowest BCUT2D eigenvalue weighted by Gasteiger charge is -2.32. The first kappa shape index (κ1) is 14.7. The fraction of sp³-hybridized carbons (Fsp3) is 0.438. The number of aromatic nitrogens is 3. The number of ether oxygens (including phenoxy) is 1. The van der Waals surface area contributed by atoms with Crippen molar-refractivity contribution in [2.75, 3.05) is 19.7 Å². The minimum atomic E-state index is 0.0424. The highest BCUT2D eigenvalue weighted by Crippen LogP contribution is 2.20. The van der Waals surface area contributed by atoms with Gasteiger partial charge in [0.15, 0.2) is 0 Å². The molecule has 1 aliphatic rings. The molecular formula is C16H20N4O2. The molecule has 1 saturated heterocycles. The molecule has 0 saturated carbocycles. The van der Waals surface area contributed by atoms with E-state index in [1.54, 1.807) is 6.33 Å². The lowest BCUT2D eigenvalue weighted by Crippen LogP contribution is -2.42. The van der Waals surface area contributed by atoms with Gasteiger partial charge in [0.2, 0.25) is 5.91 Å². The summed E-state index contributed by atoms with van der Waals surface area (Å²) >= 11 is 0. The maximum absolute atomic E-state index is 12.3. The Bertz CT molecular complexity index is 585. The number of piperidine rings is 1. The lowest BCUT2D eigenvalue weighted by atomic mass is 10.1. The Morgan fingerprint density at radius 1 is 1.32 bits per heavy atom. The van der Waals surface area contributed by atoms with Crippen LogP contribution < -0.4 is 0 Å². The van der Waals surface area contributed by atoms with E-state index in [1.165, 1.54) is 6.33 Å². The van der Waals surface area contributed by atoms with E-state index < -0.39 is 0 Å². The van der Waals surface area contributed by atoms with Gasteiger partial charge in [-0.3, -0.25) is 4.79 Å². The summed E-state index contributed by atoms with van der Waals surface area (Å²) in [6.07, 6.45) is 5.25. The average molecular weight is 300 g/mol. The first-order valence-corrected chi connectivity index (χ1v) is 7.56. The van der Waals surface area contributed by atoms with Crippen LogP contribution in [0.1, 0.15) is 24.4 Å². The highest BCUT2D eigenvalue weighted by Gasteiger charge is 2.25. The highest BCUT2D eigenvalue weighted by molar-refractivity contribution is 5.77. The number of benzene rings is 1. The Kier molecular flexibility index (Phi) is 4.80. The molecule has 1 fully saturated rings. The van der Waals surface area contributed by atoms with Crippen molar-refractivity contribution in [3.05, 3.63) is 48.5 Å². The first-order valence-electron chi connectivity index (χ1n) is 7.56. The van der Waals surface area contributed by atoms with Gasteiger partial charge in [-0.2, -0.15) is 5.10 Å². The third-order valence-corrected chi connectivity index (χ3v) is 3.90. The smallest absolute Gasteiger partial charge is 0.248 e. The van der Waals surface area contributed by atoms with Crippen LogP contribution in [0.3, 0.4) is 0 Å². The number of rotatable bonds is 5. The van der Waals surface area contributed by atoms with Gasteiger partial charge in [0.05, 0.1) is 12.6 Å². The van der Waals surface area contributed by atoms with Gasteiger partial charge in [-0.25, -0.2) is 9.67 Å². The number of carbonyl (C=O) groups is 1. The summed E-state index contributed by atoms with van der Waals surface area (Å²) in [6, 6.07) is 10.1. The van der Waals surface area contributed by atoms with E-state index in [1.807, 2.05) is 39.9 Å². The van der Waals surface area contributed by atoms with Crippen molar-refractivity contribution in [3.8, 4) is 0 Å². The van der Waals surface area contributed by atoms with Crippen LogP contribution in [0.25, 0.3) is 0 Å². The molecule has 1 aliphatic heterocycles. The number of amides is 1. The van der Waals surface area contributed by atoms with Crippen LogP contribution in [0.4, 0.5) is 0 Å². The maximum Gasteiger partial charge on any atom is 0.248 e. The summed E-state index contributed by atoms with van der Waals surface area (Å²) < 4.78 is 7.37. The summed E-state index contributed by atoms with van der Waals surface area (Å²) in [4.78, 5) is 18.1. The molecule has 1 amide bonds. The van der Waals surface area contributed by atoms with Crippen LogP contribution in [0.5, 0.6) is 0 Å². The van der Waals surface area contributed by atoms with Crippen molar-refractivity contribution in [2.45, 2.75) is 25.5 Å². The molecule has 6 nitrogen and oxygen atoms in total. The van der Waals surface area contributed by atoms with E-state index in [-0.39, 0.29) is 18.6 Å². The summed E-state index contributed by atoms with van der Waals surface area (Å²) in [5, 5.41) is 4.17. The van der Waals surface area contributed by atoms with Crippen LogP contribution >= 0.6 is 0 Å². The number of hydrogen-bond donors (Lipinski definition) is 0. The van der Waals surface area contributed by atoms with Crippen LogP contribution in [0, 0.1) is 0 Å². The summed E-state index contributed by atoms with van der Waals surface area (Å²) in [5.41, 5.74) is 1.08. The third-order valence-electron chi connectivity index (χ3n) is 3.90. The van der Waals surface area contributed by atoms with Crippen molar-refractivity contribution in [1.82, 2.24) is 19.7 Å². The molecule has 0 spiro atoms. The summed E-state index contributed by atoms with van der Waals surface area (Å²) in [5.74, 6) is 0.0424. The number of likely N-dealkylation sites (tertiary alicyclic amines) is 1. The van der Waals surface area contributed by atoms with Gasteiger partial charge in [-0.15, -0.1) is 0 Å². The number of nitrogens with zero attached hydrogens (tertiary/aromatic N) is 4. The Labute approximate surface area is 129 Å². The zero-order valence-corrected chi connectivity index (χ0v) is 12.5. The molecule has 22 heavy (non-hydrogen) atoms. The Morgan fingerprint density at radius 2 is 2.18 bits per heavy atom. The van der Waals surface area contributed by atoms with Crippen molar-refractivity contribution >= 4 is 5.91 Å². The van der Waals surface area contributed by atoms with Crippen LogP contribution in [0.2, 0.25) is 0 Å². The van der Waals surface area contributed by atoms with Crippen LogP contribution in [-0.4, -0.2) is 45.3 Å². The second-order valence-corrected chi connectivity index (χ2v) is 5.49. The molecule has 2 heterocycles. The Morgan fingerprint density at radius 3 is 2.95 bits per heavy atom. The lowest BCUT2D eigenvalue weighted by molar-refractivity contribution is -0.138.